The van der Waals surface area contributed by atoms with Gasteiger partial charge in [-0.2, -0.15) is 0 Å². The average molecular weight is 460 g/mol. The largest absolute Gasteiger partial charge is 0.341 e. The highest BCUT2D eigenvalue weighted by molar-refractivity contribution is 6.06. The number of hydrogen-bond donors (Lipinski definition) is 1. The standard InChI is InChI=1S/C26H26FN5O2/c27-20-7-9-21(10-8-20)30-24(33)23-11-6-18-4-1-2-5-22(18)32(23)25(34)19-12-16-31(17-13-19)26-28-14-3-15-29-26/h1-5,7-10,14-15,19,23H,6,11-13,16-17H2,(H,30,33). The van der Waals surface area contributed by atoms with E-state index in [1.54, 1.807) is 23.4 Å². The number of hydrogen-bond acceptors (Lipinski definition) is 5. The summed E-state index contributed by atoms with van der Waals surface area (Å²) < 4.78 is 13.3. The van der Waals surface area contributed by atoms with E-state index in [1.807, 2.05) is 24.3 Å². The molecule has 1 N–H and O–H groups in total. The van der Waals surface area contributed by atoms with Crippen molar-refractivity contribution >= 4 is 29.1 Å². The number of rotatable bonds is 4. The van der Waals surface area contributed by atoms with Crippen LogP contribution in [0.5, 0.6) is 0 Å². The second-order valence-electron chi connectivity index (χ2n) is 8.70. The second-order valence-corrected chi connectivity index (χ2v) is 8.70. The zero-order valence-electron chi connectivity index (χ0n) is 18.7. The topological polar surface area (TPSA) is 78.4 Å². The maximum atomic E-state index is 13.8. The van der Waals surface area contributed by atoms with Crippen LogP contribution in [0.3, 0.4) is 0 Å². The van der Waals surface area contributed by atoms with Gasteiger partial charge in [-0.3, -0.25) is 14.5 Å². The summed E-state index contributed by atoms with van der Waals surface area (Å²) in [5.74, 6) is -0.168. The predicted octanol–water partition coefficient (Wildman–Crippen LogP) is 3.82. The van der Waals surface area contributed by atoms with Gasteiger partial charge in [0.1, 0.15) is 11.9 Å². The third kappa shape index (κ3) is 4.48. The Balaban J connectivity index is 1.35. The predicted molar refractivity (Wildman–Crippen MR) is 128 cm³/mol. The number of aryl methyl sites for hydroxylation is 1. The summed E-state index contributed by atoms with van der Waals surface area (Å²) in [5.41, 5.74) is 2.37. The molecule has 1 unspecified atom stereocenters. The molecule has 2 aliphatic rings. The Kier molecular flexibility index (Phi) is 6.20. The minimum absolute atomic E-state index is 0.0277. The Bertz CT molecular complexity index is 1160. The molecule has 0 radical (unpaired) electrons. The second kappa shape index (κ2) is 9.59. The molecule has 34 heavy (non-hydrogen) atoms. The van der Waals surface area contributed by atoms with Crippen LogP contribution in [-0.2, 0) is 16.0 Å². The number of amides is 2. The number of fused-ring (bicyclic) bond motifs is 1. The quantitative estimate of drug-likeness (QED) is 0.642. The monoisotopic (exact) mass is 459 g/mol. The van der Waals surface area contributed by atoms with E-state index in [1.165, 1.54) is 24.3 Å². The number of benzene rings is 2. The summed E-state index contributed by atoms with van der Waals surface area (Å²) >= 11 is 0. The lowest BCUT2D eigenvalue weighted by atomic mass is 9.90. The molecule has 174 valence electrons. The van der Waals surface area contributed by atoms with Crippen molar-refractivity contribution in [2.75, 3.05) is 28.2 Å². The van der Waals surface area contributed by atoms with E-state index in [9.17, 15) is 14.0 Å². The summed E-state index contributed by atoms with van der Waals surface area (Å²) in [6.45, 7) is 1.37. The maximum Gasteiger partial charge on any atom is 0.247 e. The van der Waals surface area contributed by atoms with Crippen LogP contribution in [0.25, 0.3) is 0 Å². The first-order valence-corrected chi connectivity index (χ1v) is 11.6. The SMILES string of the molecule is O=C(Nc1ccc(F)cc1)C1CCc2ccccc2N1C(=O)C1CCN(c2ncccn2)CC1. The molecule has 1 aromatic heterocycles. The van der Waals surface area contributed by atoms with Crippen molar-refractivity contribution in [2.45, 2.75) is 31.7 Å². The number of nitrogens with one attached hydrogen (secondary N) is 1. The number of carbonyl (C=O) groups excluding carboxylic acids is 2. The molecule has 7 nitrogen and oxygen atoms in total. The molecule has 5 rings (SSSR count). The van der Waals surface area contributed by atoms with Gasteiger partial charge in [-0.25, -0.2) is 14.4 Å². The molecule has 0 spiro atoms. The van der Waals surface area contributed by atoms with Crippen LogP contribution in [0, 0.1) is 11.7 Å². The molecule has 8 heteroatoms. The molecule has 0 bridgehead atoms. The van der Waals surface area contributed by atoms with Crippen LogP contribution in [0.15, 0.2) is 67.0 Å². The van der Waals surface area contributed by atoms with Gasteiger partial charge in [0, 0.05) is 42.8 Å². The number of nitrogens with zero attached hydrogens (tertiary/aromatic N) is 4. The molecule has 3 heterocycles. The molecule has 0 aliphatic carbocycles. The first-order chi connectivity index (χ1) is 16.6. The summed E-state index contributed by atoms with van der Waals surface area (Å²) in [6, 6.07) is 14.6. The van der Waals surface area contributed by atoms with E-state index in [0.717, 1.165) is 11.3 Å². The van der Waals surface area contributed by atoms with Gasteiger partial charge in [-0.15, -0.1) is 0 Å². The van der Waals surface area contributed by atoms with E-state index in [-0.39, 0.29) is 23.5 Å². The fourth-order valence-corrected chi connectivity index (χ4v) is 4.80. The molecule has 2 aromatic carbocycles. The molecule has 3 aromatic rings. The molecule has 0 saturated carbocycles. The Morgan fingerprint density at radius 1 is 0.912 bits per heavy atom. The van der Waals surface area contributed by atoms with E-state index in [0.29, 0.717) is 50.4 Å². The smallest absolute Gasteiger partial charge is 0.247 e. The lowest BCUT2D eigenvalue weighted by molar-refractivity contribution is -0.126. The van der Waals surface area contributed by atoms with Gasteiger partial charge in [-0.05, 0) is 67.6 Å². The summed E-state index contributed by atoms with van der Waals surface area (Å²) in [6.07, 6.45) is 6.02. The fraction of sp³-hybridized carbons (Fsp3) is 0.308. The molecular weight excluding hydrogens is 433 g/mol. The van der Waals surface area contributed by atoms with Gasteiger partial charge in [0.25, 0.3) is 0 Å². The lowest BCUT2D eigenvalue weighted by Crippen LogP contribution is -2.53. The molecule has 1 fully saturated rings. The average Bonchev–Trinajstić information content (AvgIpc) is 2.89. The van der Waals surface area contributed by atoms with Crippen LogP contribution in [-0.4, -0.2) is 40.9 Å². The molecule has 1 saturated heterocycles. The minimum Gasteiger partial charge on any atom is -0.341 e. The first-order valence-electron chi connectivity index (χ1n) is 11.6. The Morgan fingerprint density at radius 2 is 1.62 bits per heavy atom. The Hall–Kier alpha value is -3.81. The molecule has 2 aliphatic heterocycles. The van der Waals surface area contributed by atoms with Gasteiger partial charge in [0.2, 0.25) is 17.8 Å². The lowest BCUT2D eigenvalue weighted by Gasteiger charge is -2.40. The van der Waals surface area contributed by atoms with Crippen molar-refractivity contribution in [1.29, 1.82) is 0 Å². The first kappa shape index (κ1) is 22.0. The Morgan fingerprint density at radius 3 is 2.35 bits per heavy atom. The van der Waals surface area contributed by atoms with E-state index in [4.69, 9.17) is 0 Å². The van der Waals surface area contributed by atoms with Crippen LogP contribution in [0.4, 0.5) is 21.7 Å². The van der Waals surface area contributed by atoms with Crippen molar-refractivity contribution in [3.63, 3.8) is 0 Å². The van der Waals surface area contributed by atoms with Crippen LogP contribution in [0.1, 0.15) is 24.8 Å². The summed E-state index contributed by atoms with van der Waals surface area (Å²) in [7, 11) is 0. The summed E-state index contributed by atoms with van der Waals surface area (Å²) in [5, 5.41) is 2.86. The van der Waals surface area contributed by atoms with Crippen LogP contribution >= 0.6 is 0 Å². The van der Waals surface area contributed by atoms with Crippen molar-refractivity contribution < 1.29 is 14.0 Å². The van der Waals surface area contributed by atoms with Crippen LogP contribution < -0.4 is 15.1 Å². The minimum atomic E-state index is -0.622. The molecular formula is C26H26FN5O2. The van der Waals surface area contributed by atoms with Crippen molar-refractivity contribution in [2.24, 2.45) is 5.92 Å². The van der Waals surface area contributed by atoms with Gasteiger partial charge < -0.3 is 10.2 Å². The maximum absolute atomic E-state index is 13.8. The van der Waals surface area contributed by atoms with E-state index >= 15 is 0 Å². The fourth-order valence-electron chi connectivity index (χ4n) is 4.80. The number of aromatic nitrogens is 2. The number of halogens is 1. The van der Waals surface area contributed by atoms with Crippen molar-refractivity contribution in [1.82, 2.24) is 9.97 Å². The van der Waals surface area contributed by atoms with Gasteiger partial charge >= 0.3 is 0 Å². The van der Waals surface area contributed by atoms with Crippen molar-refractivity contribution in [3.05, 3.63) is 78.4 Å². The van der Waals surface area contributed by atoms with Gasteiger partial charge in [-0.1, -0.05) is 18.2 Å². The van der Waals surface area contributed by atoms with Gasteiger partial charge in [0.05, 0.1) is 0 Å². The highest BCUT2D eigenvalue weighted by Gasteiger charge is 2.39. The number of para-hydroxylation sites is 1. The van der Waals surface area contributed by atoms with Gasteiger partial charge in [0.15, 0.2) is 0 Å². The highest BCUT2D eigenvalue weighted by atomic mass is 19.1. The molecule has 2 amide bonds. The number of anilines is 3. The zero-order valence-corrected chi connectivity index (χ0v) is 18.7. The van der Waals surface area contributed by atoms with Crippen molar-refractivity contribution in [3.8, 4) is 0 Å². The normalized spacial score (nSPS) is 18.3. The number of piperidine rings is 1. The van der Waals surface area contributed by atoms with Crippen LogP contribution in [0.2, 0.25) is 0 Å². The Labute approximate surface area is 197 Å². The molecule has 1 atom stereocenters. The van der Waals surface area contributed by atoms with E-state index in [2.05, 4.69) is 20.2 Å². The van der Waals surface area contributed by atoms with E-state index < -0.39 is 6.04 Å². The zero-order chi connectivity index (χ0) is 23.5. The summed E-state index contributed by atoms with van der Waals surface area (Å²) in [4.78, 5) is 39.5. The highest BCUT2D eigenvalue weighted by Crippen LogP contribution is 2.34. The number of carbonyl (C=O) groups is 2. The third-order valence-electron chi connectivity index (χ3n) is 6.58. The third-order valence-corrected chi connectivity index (χ3v) is 6.58.